The summed E-state index contributed by atoms with van der Waals surface area (Å²) >= 11 is 1.33. The van der Waals surface area contributed by atoms with Crippen molar-refractivity contribution in [3.63, 3.8) is 0 Å². The molecule has 1 fully saturated rings. The third kappa shape index (κ3) is 5.78. The molecule has 1 saturated carbocycles. The zero-order valence-corrected chi connectivity index (χ0v) is 21.7. The molecular formula is C23H35N5O3S2. The summed E-state index contributed by atoms with van der Waals surface area (Å²) in [5, 5.41) is 12.3. The van der Waals surface area contributed by atoms with Gasteiger partial charge in [-0.05, 0) is 30.4 Å². The van der Waals surface area contributed by atoms with Crippen LogP contribution in [0, 0.1) is 11.8 Å². The van der Waals surface area contributed by atoms with Crippen LogP contribution in [0.5, 0.6) is 0 Å². The minimum Gasteiger partial charge on any atom is -0.352 e. The molecule has 1 N–H and O–H groups in total. The van der Waals surface area contributed by atoms with Crippen LogP contribution in [-0.4, -0.2) is 58.3 Å². The average Bonchev–Trinajstić information content (AvgIpc) is 3.16. The van der Waals surface area contributed by atoms with Crippen molar-refractivity contribution in [3.8, 4) is 11.4 Å². The Morgan fingerprint density at radius 1 is 1.21 bits per heavy atom. The number of benzene rings is 1. The summed E-state index contributed by atoms with van der Waals surface area (Å²) in [6.45, 7) is 8.93. The Hall–Kier alpha value is -1.91. The van der Waals surface area contributed by atoms with E-state index in [9.17, 15) is 13.2 Å². The molecule has 8 nitrogen and oxygen atoms in total. The third-order valence-corrected chi connectivity index (χ3v) is 9.72. The summed E-state index contributed by atoms with van der Waals surface area (Å²) in [5.41, 5.74) is 0.666. The van der Waals surface area contributed by atoms with Gasteiger partial charge in [0.05, 0.1) is 10.6 Å². The van der Waals surface area contributed by atoms with Gasteiger partial charge in [0.2, 0.25) is 15.9 Å². The van der Waals surface area contributed by atoms with Crippen molar-refractivity contribution in [2.24, 2.45) is 18.9 Å². The van der Waals surface area contributed by atoms with Crippen LogP contribution in [0.3, 0.4) is 0 Å². The predicted octanol–water partition coefficient (Wildman–Crippen LogP) is 3.55. The third-order valence-electron chi connectivity index (χ3n) is 6.66. The van der Waals surface area contributed by atoms with E-state index in [1.807, 2.05) is 27.0 Å². The zero-order valence-electron chi connectivity index (χ0n) is 20.1. The predicted molar refractivity (Wildman–Crippen MR) is 131 cm³/mol. The second kappa shape index (κ2) is 11.0. The van der Waals surface area contributed by atoms with Crippen LogP contribution in [0.15, 0.2) is 34.3 Å². The fourth-order valence-electron chi connectivity index (χ4n) is 4.36. The van der Waals surface area contributed by atoms with Gasteiger partial charge in [0, 0.05) is 31.7 Å². The number of carbonyl (C=O) groups is 1. The molecule has 2 aromatic rings. The Morgan fingerprint density at radius 3 is 2.64 bits per heavy atom. The van der Waals surface area contributed by atoms with Gasteiger partial charge in [-0.25, -0.2) is 8.42 Å². The molecule has 0 radical (unpaired) electrons. The number of nitrogens with zero attached hydrogens (tertiary/aromatic N) is 4. The molecular weight excluding hydrogens is 458 g/mol. The molecule has 3 atom stereocenters. The van der Waals surface area contributed by atoms with Crippen LogP contribution >= 0.6 is 11.8 Å². The lowest BCUT2D eigenvalue weighted by molar-refractivity contribution is -0.120. The molecule has 1 aliphatic carbocycles. The Labute approximate surface area is 201 Å². The van der Waals surface area contributed by atoms with E-state index < -0.39 is 10.0 Å². The summed E-state index contributed by atoms with van der Waals surface area (Å²) in [6, 6.07) is 6.99. The molecule has 1 aliphatic rings. The lowest BCUT2D eigenvalue weighted by Crippen LogP contribution is -2.44. The van der Waals surface area contributed by atoms with E-state index in [2.05, 4.69) is 29.4 Å². The minimum absolute atomic E-state index is 0.00260. The molecule has 10 heteroatoms. The van der Waals surface area contributed by atoms with E-state index in [0.717, 1.165) is 12.8 Å². The molecule has 33 heavy (non-hydrogen) atoms. The Bertz CT molecular complexity index is 1070. The first kappa shape index (κ1) is 25.7. The first-order valence-electron chi connectivity index (χ1n) is 11.6. The summed E-state index contributed by atoms with van der Waals surface area (Å²) in [4.78, 5) is 12.8. The molecule has 1 amide bonds. The van der Waals surface area contributed by atoms with Gasteiger partial charge in [0.25, 0.3) is 0 Å². The van der Waals surface area contributed by atoms with Gasteiger partial charge in [0.1, 0.15) is 0 Å². The molecule has 0 saturated heterocycles. The fourth-order valence-corrected chi connectivity index (χ4v) is 6.59. The number of nitrogens with one attached hydrogen (secondary N) is 1. The molecule has 0 spiro atoms. The summed E-state index contributed by atoms with van der Waals surface area (Å²) < 4.78 is 29.0. The van der Waals surface area contributed by atoms with E-state index in [0.29, 0.717) is 41.5 Å². The Morgan fingerprint density at radius 2 is 1.94 bits per heavy atom. The van der Waals surface area contributed by atoms with Crippen LogP contribution in [0.2, 0.25) is 0 Å². The molecule has 1 aromatic heterocycles. The number of rotatable bonds is 9. The highest BCUT2D eigenvalue weighted by Gasteiger charge is 2.28. The molecule has 0 unspecified atom stereocenters. The SMILES string of the molecule is CCN(CC)S(=O)(=O)c1cccc(-c2nnc(SCC(=O)N[C@@H]3CCC[C@@H](C)[C@@H]3C)n2C)c1. The molecule has 0 aliphatic heterocycles. The minimum atomic E-state index is -3.56. The maximum atomic E-state index is 12.9. The van der Waals surface area contributed by atoms with Crippen LogP contribution in [0.4, 0.5) is 0 Å². The molecule has 182 valence electrons. The monoisotopic (exact) mass is 493 g/mol. The second-order valence-corrected chi connectivity index (χ2v) is 11.6. The molecule has 1 heterocycles. The lowest BCUT2D eigenvalue weighted by atomic mass is 9.78. The fraction of sp³-hybridized carbons (Fsp3) is 0.609. The highest BCUT2D eigenvalue weighted by molar-refractivity contribution is 7.99. The van der Waals surface area contributed by atoms with Crippen molar-refractivity contribution in [2.45, 2.75) is 63.1 Å². The topological polar surface area (TPSA) is 97.2 Å². The maximum Gasteiger partial charge on any atom is 0.243 e. The lowest BCUT2D eigenvalue weighted by Gasteiger charge is -2.34. The van der Waals surface area contributed by atoms with Crippen molar-refractivity contribution < 1.29 is 13.2 Å². The zero-order chi connectivity index (χ0) is 24.2. The van der Waals surface area contributed by atoms with Gasteiger partial charge < -0.3 is 9.88 Å². The number of hydrogen-bond donors (Lipinski definition) is 1. The van der Waals surface area contributed by atoms with Crippen molar-refractivity contribution in [3.05, 3.63) is 24.3 Å². The van der Waals surface area contributed by atoms with Crippen molar-refractivity contribution in [2.75, 3.05) is 18.8 Å². The largest absolute Gasteiger partial charge is 0.352 e. The number of amides is 1. The van der Waals surface area contributed by atoms with Crippen LogP contribution in [-0.2, 0) is 21.9 Å². The number of sulfonamides is 1. The smallest absolute Gasteiger partial charge is 0.243 e. The van der Waals surface area contributed by atoms with E-state index in [-0.39, 0.29) is 22.6 Å². The second-order valence-electron chi connectivity index (χ2n) is 8.71. The Kier molecular flexibility index (Phi) is 8.58. The van der Waals surface area contributed by atoms with Crippen LogP contribution in [0.25, 0.3) is 11.4 Å². The highest BCUT2D eigenvalue weighted by atomic mass is 32.2. The quantitative estimate of drug-likeness (QED) is 0.537. The Balaban J connectivity index is 1.69. The van der Waals surface area contributed by atoms with E-state index >= 15 is 0 Å². The molecule has 3 rings (SSSR count). The van der Waals surface area contributed by atoms with Crippen molar-refractivity contribution >= 4 is 27.7 Å². The summed E-state index contributed by atoms with van der Waals surface area (Å²) in [6.07, 6.45) is 3.41. The van der Waals surface area contributed by atoms with E-state index in [1.54, 1.807) is 22.8 Å². The van der Waals surface area contributed by atoms with Gasteiger partial charge >= 0.3 is 0 Å². The van der Waals surface area contributed by atoms with E-state index in [4.69, 9.17) is 0 Å². The summed E-state index contributed by atoms with van der Waals surface area (Å²) in [7, 11) is -1.74. The van der Waals surface area contributed by atoms with Gasteiger partial charge in [-0.1, -0.05) is 64.4 Å². The normalized spacial score (nSPS) is 21.3. The summed E-state index contributed by atoms with van der Waals surface area (Å²) in [5.74, 6) is 1.93. The van der Waals surface area contributed by atoms with Gasteiger partial charge in [-0.15, -0.1) is 10.2 Å². The molecule has 1 aromatic carbocycles. The average molecular weight is 494 g/mol. The molecule has 0 bridgehead atoms. The van der Waals surface area contributed by atoms with Gasteiger partial charge in [-0.2, -0.15) is 4.31 Å². The maximum absolute atomic E-state index is 12.9. The first-order chi connectivity index (χ1) is 15.7. The van der Waals surface area contributed by atoms with Crippen LogP contribution < -0.4 is 5.32 Å². The first-order valence-corrected chi connectivity index (χ1v) is 14.0. The van der Waals surface area contributed by atoms with Crippen LogP contribution in [0.1, 0.15) is 47.0 Å². The number of thioether (sulfide) groups is 1. The number of hydrogen-bond acceptors (Lipinski definition) is 6. The number of aromatic nitrogens is 3. The van der Waals surface area contributed by atoms with Crippen molar-refractivity contribution in [1.82, 2.24) is 24.4 Å². The van der Waals surface area contributed by atoms with E-state index in [1.165, 1.54) is 22.5 Å². The number of carbonyl (C=O) groups excluding carboxylic acids is 1. The van der Waals surface area contributed by atoms with Gasteiger partial charge in [0.15, 0.2) is 11.0 Å². The standard InChI is InChI=1S/C23H35N5O3S2/c1-6-28(7-2)33(30,31)19-12-9-11-18(14-19)22-25-26-23(27(22)5)32-15-21(29)24-20-13-8-10-16(3)17(20)4/h9,11-12,14,16-17,20H,6-8,10,13,15H2,1-5H3,(H,24,29)/t16-,17+,20-/m1/s1. The highest BCUT2D eigenvalue weighted by Crippen LogP contribution is 2.30. The van der Waals surface area contributed by atoms with Gasteiger partial charge in [-0.3, -0.25) is 4.79 Å². The van der Waals surface area contributed by atoms with Crippen molar-refractivity contribution in [1.29, 1.82) is 0 Å².